The third kappa shape index (κ3) is 2.80. The van der Waals surface area contributed by atoms with Gasteiger partial charge in [-0.15, -0.1) is 0 Å². The van der Waals surface area contributed by atoms with Gasteiger partial charge in [-0.2, -0.15) is 0 Å². The number of ketones is 1. The van der Waals surface area contributed by atoms with E-state index in [4.69, 9.17) is 16.1 Å². The maximum Gasteiger partial charge on any atom is 0.198 e. The van der Waals surface area contributed by atoms with Gasteiger partial charge in [0.1, 0.15) is 10.7 Å². The van der Waals surface area contributed by atoms with Crippen LogP contribution in [0.5, 0.6) is 0 Å². The van der Waals surface area contributed by atoms with Gasteiger partial charge in [-0.3, -0.25) is 4.79 Å². The van der Waals surface area contributed by atoms with Gasteiger partial charge in [-0.1, -0.05) is 28.9 Å². The van der Waals surface area contributed by atoms with Crippen LogP contribution in [0.1, 0.15) is 51.6 Å². The molecule has 1 aromatic carbocycles. The zero-order valence-electron chi connectivity index (χ0n) is 11.8. The van der Waals surface area contributed by atoms with Crippen LogP contribution in [0.3, 0.4) is 0 Å². The Morgan fingerprint density at radius 1 is 1.36 bits per heavy atom. The average Bonchev–Trinajstić information content (AvgIpc) is 3.20. The molecule has 1 heterocycles. The van der Waals surface area contributed by atoms with Gasteiger partial charge in [-0.25, -0.2) is 8.42 Å². The van der Waals surface area contributed by atoms with Crippen LogP contribution >= 0.6 is 11.6 Å². The Labute approximate surface area is 134 Å². The van der Waals surface area contributed by atoms with E-state index < -0.39 is 10.7 Å². The van der Waals surface area contributed by atoms with Gasteiger partial charge < -0.3 is 4.52 Å². The normalized spacial score (nSPS) is 14.5. The number of thiol groups is 1. The van der Waals surface area contributed by atoms with Crippen LogP contribution in [0.2, 0.25) is 5.02 Å². The molecule has 5 nitrogen and oxygen atoms in total. The number of rotatable bonds is 5. The number of hydrogen-bond donors (Lipinski definition) is 1. The number of nitrogens with zero attached hydrogens (tertiary/aromatic N) is 1. The lowest BCUT2D eigenvalue weighted by Gasteiger charge is -2.09. The van der Waals surface area contributed by atoms with Crippen LogP contribution in [-0.4, -0.2) is 19.4 Å². The standard InChI is InChI=1S/C15H14ClNO4S/c1-8-11(5-4-10(13(8)16)7-22(19)20)14(18)12-6-17-21-15(12)9-2-3-9/h4-6,9,22H,2-3,7H2,1H3. The molecule has 0 spiro atoms. The second kappa shape index (κ2) is 5.85. The first-order chi connectivity index (χ1) is 10.5. The highest BCUT2D eigenvalue weighted by molar-refractivity contribution is 7.71. The molecule has 0 saturated heterocycles. The highest BCUT2D eigenvalue weighted by atomic mass is 35.5. The molecule has 0 N–H and O–H groups in total. The van der Waals surface area contributed by atoms with E-state index in [0.717, 1.165) is 12.8 Å². The van der Waals surface area contributed by atoms with E-state index in [9.17, 15) is 13.2 Å². The van der Waals surface area contributed by atoms with E-state index in [1.165, 1.54) is 6.20 Å². The molecule has 0 bridgehead atoms. The minimum Gasteiger partial charge on any atom is -0.360 e. The molecule has 0 atom stereocenters. The van der Waals surface area contributed by atoms with Crippen molar-refractivity contribution in [1.82, 2.24) is 5.16 Å². The lowest BCUT2D eigenvalue weighted by Crippen LogP contribution is -2.06. The van der Waals surface area contributed by atoms with Crippen molar-refractivity contribution in [3.8, 4) is 0 Å². The highest BCUT2D eigenvalue weighted by Crippen LogP contribution is 2.42. The third-order valence-electron chi connectivity index (χ3n) is 3.80. The molecule has 0 amide bonds. The van der Waals surface area contributed by atoms with Crippen LogP contribution < -0.4 is 0 Å². The summed E-state index contributed by atoms with van der Waals surface area (Å²) in [6.45, 7) is 1.71. The van der Waals surface area contributed by atoms with E-state index in [2.05, 4.69) is 5.16 Å². The minimum atomic E-state index is -2.57. The monoisotopic (exact) mass is 339 g/mol. The van der Waals surface area contributed by atoms with Crippen LogP contribution in [0.15, 0.2) is 22.9 Å². The summed E-state index contributed by atoms with van der Waals surface area (Å²) in [4.78, 5) is 12.7. The Balaban J connectivity index is 1.99. The summed E-state index contributed by atoms with van der Waals surface area (Å²) in [6.07, 6.45) is 3.45. The van der Waals surface area contributed by atoms with Crippen molar-refractivity contribution in [1.29, 1.82) is 0 Å². The van der Waals surface area contributed by atoms with Crippen molar-refractivity contribution >= 4 is 28.1 Å². The summed E-state index contributed by atoms with van der Waals surface area (Å²) in [5.74, 6) is 0.582. The molecule has 2 aromatic rings. The molecule has 3 rings (SSSR count). The lowest BCUT2D eigenvalue weighted by molar-refractivity contribution is 0.103. The van der Waals surface area contributed by atoms with Crippen LogP contribution in [-0.2, 0) is 16.5 Å². The third-order valence-corrected chi connectivity index (χ3v) is 4.93. The first-order valence-corrected chi connectivity index (χ1v) is 8.62. The highest BCUT2D eigenvalue weighted by Gasteiger charge is 2.33. The van der Waals surface area contributed by atoms with Crippen LogP contribution in [0.4, 0.5) is 0 Å². The Morgan fingerprint density at radius 2 is 2.09 bits per heavy atom. The number of hydrogen-bond acceptors (Lipinski definition) is 5. The van der Waals surface area contributed by atoms with E-state index in [0.29, 0.717) is 33.0 Å². The van der Waals surface area contributed by atoms with Crippen molar-refractivity contribution in [2.24, 2.45) is 0 Å². The Kier molecular flexibility index (Phi) is 4.06. The fourth-order valence-corrected chi connectivity index (χ4v) is 3.32. The number of benzene rings is 1. The summed E-state index contributed by atoms with van der Waals surface area (Å²) in [5, 5.41) is 4.04. The smallest absolute Gasteiger partial charge is 0.198 e. The largest absolute Gasteiger partial charge is 0.360 e. The van der Waals surface area contributed by atoms with Crippen molar-refractivity contribution in [2.75, 3.05) is 0 Å². The SMILES string of the molecule is Cc1c(C(=O)c2cnoc2C2CC2)ccc(C[SH](=O)=O)c1Cl. The van der Waals surface area contributed by atoms with E-state index in [1.807, 2.05) is 0 Å². The quantitative estimate of drug-likeness (QED) is 0.669. The zero-order chi connectivity index (χ0) is 15.9. The van der Waals surface area contributed by atoms with Gasteiger partial charge in [0, 0.05) is 16.5 Å². The van der Waals surface area contributed by atoms with Gasteiger partial charge in [0.15, 0.2) is 11.5 Å². The van der Waals surface area contributed by atoms with Crippen molar-refractivity contribution in [2.45, 2.75) is 31.4 Å². The molecule has 22 heavy (non-hydrogen) atoms. The number of carbonyl (C=O) groups is 1. The second-order valence-corrected chi connectivity index (χ2v) is 6.77. The number of carbonyl (C=O) groups excluding carboxylic acids is 1. The average molecular weight is 340 g/mol. The first-order valence-electron chi connectivity index (χ1n) is 6.88. The van der Waals surface area contributed by atoms with Gasteiger partial charge >= 0.3 is 0 Å². The van der Waals surface area contributed by atoms with E-state index in [1.54, 1.807) is 19.1 Å². The molecule has 1 fully saturated rings. The molecule has 1 saturated carbocycles. The Hall–Kier alpha value is -1.66. The van der Waals surface area contributed by atoms with Crippen LogP contribution in [0, 0.1) is 6.92 Å². The molecule has 0 radical (unpaired) electrons. The van der Waals surface area contributed by atoms with Crippen LogP contribution in [0.25, 0.3) is 0 Å². The van der Waals surface area contributed by atoms with Crippen molar-refractivity contribution < 1.29 is 17.7 Å². The second-order valence-electron chi connectivity index (χ2n) is 5.41. The maximum atomic E-state index is 12.7. The lowest BCUT2D eigenvalue weighted by atomic mass is 9.97. The number of halogens is 1. The molecule has 1 aliphatic carbocycles. The molecular weight excluding hydrogens is 326 g/mol. The molecule has 116 valence electrons. The van der Waals surface area contributed by atoms with Gasteiger partial charge in [0.05, 0.1) is 17.5 Å². The summed E-state index contributed by atoms with van der Waals surface area (Å²) >= 11 is 6.20. The fourth-order valence-electron chi connectivity index (χ4n) is 2.45. The van der Waals surface area contributed by atoms with Gasteiger partial charge in [0.2, 0.25) is 0 Å². The van der Waals surface area contributed by atoms with E-state index >= 15 is 0 Å². The van der Waals surface area contributed by atoms with Crippen molar-refractivity contribution in [3.63, 3.8) is 0 Å². The van der Waals surface area contributed by atoms with Gasteiger partial charge in [-0.05, 0) is 30.9 Å². The maximum absolute atomic E-state index is 12.7. The minimum absolute atomic E-state index is 0.135. The number of aromatic nitrogens is 1. The van der Waals surface area contributed by atoms with Gasteiger partial charge in [0.25, 0.3) is 0 Å². The summed E-state index contributed by atoms with van der Waals surface area (Å²) < 4.78 is 26.9. The molecule has 0 unspecified atom stereocenters. The predicted molar refractivity (Wildman–Crippen MR) is 82.1 cm³/mol. The van der Waals surface area contributed by atoms with E-state index in [-0.39, 0.29) is 17.5 Å². The van der Waals surface area contributed by atoms with Crippen molar-refractivity contribution in [3.05, 3.63) is 51.4 Å². The molecule has 0 aliphatic heterocycles. The summed E-state index contributed by atoms with van der Waals surface area (Å²) in [6, 6.07) is 3.19. The summed E-state index contributed by atoms with van der Waals surface area (Å²) in [7, 11) is -2.57. The molecule has 1 aromatic heterocycles. The molecular formula is C15H14ClNO4S. The predicted octanol–water partition coefficient (Wildman–Crippen LogP) is 2.86. The molecule has 1 aliphatic rings. The first kappa shape index (κ1) is 15.2. The fraction of sp³-hybridized carbons (Fsp3) is 0.333. The molecule has 7 heteroatoms. The zero-order valence-corrected chi connectivity index (χ0v) is 13.5. The Bertz CT molecular complexity index is 813. The Morgan fingerprint density at radius 3 is 2.73 bits per heavy atom. The summed E-state index contributed by atoms with van der Waals surface area (Å²) in [5.41, 5.74) is 1.98. The topological polar surface area (TPSA) is 77.2 Å².